The van der Waals surface area contributed by atoms with Crippen LogP contribution in [0.2, 0.25) is 0 Å². The van der Waals surface area contributed by atoms with Gasteiger partial charge in [-0.25, -0.2) is 9.55 Å². The maximum absolute atomic E-state index is 10.8. The van der Waals surface area contributed by atoms with Gasteiger partial charge in [-0.15, -0.1) is 0 Å². The van der Waals surface area contributed by atoms with E-state index >= 15 is 0 Å². The lowest BCUT2D eigenvalue weighted by Crippen LogP contribution is -2.08. The average Bonchev–Trinajstić information content (AvgIpc) is 2.78. The SMILES string of the molecule is Cc1ncc([N+](=O)[O-])n1CCC(O)c1ccccc1. The van der Waals surface area contributed by atoms with Crippen LogP contribution in [0.4, 0.5) is 5.82 Å². The number of imidazole rings is 1. The van der Waals surface area contributed by atoms with Gasteiger partial charge in [0.1, 0.15) is 6.20 Å². The zero-order chi connectivity index (χ0) is 13.8. The van der Waals surface area contributed by atoms with E-state index in [1.54, 1.807) is 6.92 Å². The van der Waals surface area contributed by atoms with E-state index in [0.717, 1.165) is 5.56 Å². The van der Waals surface area contributed by atoms with Gasteiger partial charge in [0.25, 0.3) is 0 Å². The van der Waals surface area contributed by atoms with Crippen molar-refractivity contribution in [3.63, 3.8) is 0 Å². The van der Waals surface area contributed by atoms with Crippen LogP contribution in [-0.4, -0.2) is 19.6 Å². The maximum Gasteiger partial charge on any atom is 0.342 e. The van der Waals surface area contributed by atoms with E-state index in [1.165, 1.54) is 10.8 Å². The van der Waals surface area contributed by atoms with Crippen molar-refractivity contribution in [1.29, 1.82) is 0 Å². The summed E-state index contributed by atoms with van der Waals surface area (Å²) in [6.07, 6.45) is 1.01. The minimum Gasteiger partial charge on any atom is -0.388 e. The van der Waals surface area contributed by atoms with Crippen LogP contribution in [-0.2, 0) is 6.54 Å². The number of nitro groups is 1. The first-order valence-electron chi connectivity index (χ1n) is 5.99. The van der Waals surface area contributed by atoms with Crippen molar-refractivity contribution < 1.29 is 10.0 Å². The van der Waals surface area contributed by atoms with Gasteiger partial charge in [0, 0.05) is 13.3 Å². The Bertz CT molecular complexity index is 566. The average molecular weight is 261 g/mol. The molecule has 2 rings (SSSR count). The standard InChI is InChI=1S/C13H15N3O3/c1-10-14-9-13(16(18)19)15(10)8-7-12(17)11-5-3-2-4-6-11/h2-6,9,12,17H,7-8H2,1H3. The molecule has 0 saturated carbocycles. The first-order valence-corrected chi connectivity index (χ1v) is 5.99. The van der Waals surface area contributed by atoms with Crippen LogP contribution in [0.1, 0.15) is 23.9 Å². The van der Waals surface area contributed by atoms with E-state index in [4.69, 9.17) is 0 Å². The van der Waals surface area contributed by atoms with E-state index in [9.17, 15) is 15.2 Å². The number of rotatable bonds is 5. The van der Waals surface area contributed by atoms with Gasteiger partial charge >= 0.3 is 5.82 Å². The van der Waals surface area contributed by atoms with Gasteiger partial charge in [-0.05, 0) is 10.5 Å². The normalized spacial score (nSPS) is 12.3. The molecule has 100 valence electrons. The van der Waals surface area contributed by atoms with Crippen molar-refractivity contribution in [3.8, 4) is 0 Å². The first kappa shape index (κ1) is 13.2. The van der Waals surface area contributed by atoms with Crippen LogP contribution in [0.25, 0.3) is 0 Å². The molecule has 1 unspecified atom stereocenters. The summed E-state index contributed by atoms with van der Waals surface area (Å²) < 4.78 is 1.51. The van der Waals surface area contributed by atoms with E-state index in [-0.39, 0.29) is 5.82 Å². The summed E-state index contributed by atoms with van der Waals surface area (Å²) in [4.78, 5) is 14.3. The van der Waals surface area contributed by atoms with Crippen LogP contribution in [0.15, 0.2) is 36.5 Å². The van der Waals surface area contributed by atoms with Crippen molar-refractivity contribution in [3.05, 3.63) is 58.0 Å². The lowest BCUT2D eigenvalue weighted by molar-refractivity contribution is -0.392. The molecule has 6 nitrogen and oxygen atoms in total. The number of aliphatic hydroxyl groups is 1. The van der Waals surface area contributed by atoms with Crippen molar-refractivity contribution in [2.45, 2.75) is 26.0 Å². The maximum atomic E-state index is 10.8. The molecule has 0 fully saturated rings. The van der Waals surface area contributed by atoms with Gasteiger partial charge < -0.3 is 15.2 Å². The molecule has 1 aromatic carbocycles. The molecular weight excluding hydrogens is 246 g/mol. The molecule has 6 heteroatoms. The van der Waals surface area contributed by atoms with E-state index < -0.39 is 11.0 Å². The molecule has 0 bridgehead atoms. The Morgan fingerprint density at radius 1 is 1.42 bits per heavy atom. The number of aromatic nitrogens is 2. The molecule has 0 aliphatic carbocycles. The fraction of sp³-hybridized carbons (Fsp3) is 0.308. The minimum absolute atomic E-state index is 0.0437. The Kier molecular flexibility index (Phi) is 3.91. The predicted molar refractivity (Wildman–Crippen MR) is 69.6 cm³/mol. The van der Waals surface area contributed by atoms with Crippen LogP contribution >= 0.6 is 0 Å². The fourth-order valence-electron chi connectivity index (χ4n) is 1.97. The second-order valence-electron chi connectivity index (χ2n) is 4.29. The second-order valence-corrected chi connectivity index (χ2v) is 4.29. The van der Waals surface area contributed by atoms with E-state index in [0.29, 0.717) is 18.8 Å². The fourth-order valence-corrected chi connectivity index (χ4v) is 1.97. The van der Waals surface area contributed by atoms with E-state index in [1.807, 2.05) is 30.3 Å². The summed E-state index contributed by atoms with van der Waals surface area (Å²) in [5.41, 5.74) is 0.808. The van der Waals surface area contributed by atoms with Crippen LogP contribution in [0, 0.1) is 17.0 Å². The number of benzene rings is 1. The minimum atomic E-state index is -0.636. The molecule has 0 aliphatic rings. The number of hydrogen-bond acceptors (Lipinski definition) is 4. The summed E-state index contributed by atoms with van der Waals surface area (Å²) in [6.45, 7) is 2.07. The molecular formula is C13H15N3O3. The summed E-state index contributed by atoms with van der Waals surface area (Å²) >= 11 is 0. The van der Waals surface area contributed by atoms with Crippen molar-refractivity contribution in [2.75, 3.05) is 0 Å². The highest BCUT2D eigenvalue weighted by atomic mass is 16.6. The monoisotopic (exact) mass is 261 g/mol. The molecule has 1 N–H and O–H groups in total. The van der Waals surface area contributed by atoms with Crippen LogP contribution in [0.3, 0.4) is 0 Å². The Morgan fingerprint density at radius 3 is 2.74 bits per heavy atom. The molecule has 0 amide bonds. The molecule has 1 heterocycles. The lowest BCUT2D eigenvalue weighted by atomic mass is 10.1. The quantitative estimate of drug-likeness (QED) is 0.661. The second kappa shape index (κ2) is 5.62. The van der Waals surface area contributed by atoms with Crippen LogP contribution in [0.5, 0.6) is 0 Å². The van der Waals surface area contributed by atoms with Gasteiger partial charge in [-0.3, -0.25) is 0 Å². The number of nitrogens with zero attached hydrogens (tertiary/aromatic N) is 3. The van der Waals surface area contributed by atoms with Gasteiger partial charge in [-0.2, -0.15) is 0 Å². The lowest BCUT2D eigenvalue weighted by Gasteiger charge is -2.10. The Balaban J connectivity index is 2.07. The van der Waals surface area contributed by atoms with Crippen molar-refractivity contribution >= 4 is 5.82 Å². The summed E-state index contributed by atoms with van der Waals surface area (Å²) in [5, 5.41) is 20.9. The molecule has 1 aromatic heterocycles. The first-order chi connectivity index (χ1) is 9.09. The molecule has 0 radical (unpaired) electrons. The Labute approximate surface area is 110 Å². The zero-order valence-corrected chi connectivity index (χ0v) is 10.6. The molecule has 0 saturated heterocycles. The molecule has 2 aromatic rings. The zero-order valence-electron chi connectivity index (χ0n) is 10.6. The van der Waals surface area contributed by atoms with Crippen LogP contribution < -0.4 is 0 Å². The third-order valence-electron chi connectivity index (χ3n) is 3.03. The van der Waals surface area contributed by atoms with Gasteiger partial charge in [0.05, 0.1) is 12.6 Å². The topological polar surface area (TPSA) is 81.2 Å². The summed E-state index contributed by atoms with van der Waals surface area (Å²) in [5.74, 6) is 0.532. The van der Waals surface area contributed by atoms with Crippen molar-refractivity contribution in [2.24, 2.45) is 0 Å². The predicted octanol–water partition coefficient (Wildman–Crippen LogP) is 2.22. The highest BCUT2D eigenvalue weighted by Gasteiger charge is 2.18. The molecule has 0 aliphatic heterocycles. The molecule has 19 heavy (non-hydrogen) atoms. The van der Waals surface area contributed by atoms with Crippen molar-refractivity contribution in [1.82, 2.24) is 9.55 Å². The number of hydrogen-bond donors (Lipinski definition) is 1. The van der Waals surface area contributed by atoms with Gasteiger partial charge in [0.2, 0.25) is 0 Å². The van der Waals surface area contributed by atoms with Gasteiger partial charge in [0.15, 0.2) is 5.82 Å². The Hall–Kier alpha value is -2.21. The highest BCUT2D eigenvalue weighted by molar-refractivity contribution is 5.20. The third-order valence-corrected chi connectivity index (χ3v) is 3.03. The van der Waals surface area contributed by atoms with Gasteiger partial charge in [-0.1, -0.05) is 30.3 Å². The van der Waals surface area contributed by atoms with E-state index in [2.05, 4.69) is 4.98 Å². The smallest absolute Gasteiger partial charge is 0.342 e. The summed E-state index contributed by atoms with van der Waals surface area (Å²) in [7, 11) is 0. The molecule has 1 atom stereocenters. The number of aryl methyl sites for hydroxylation is 1. The number of aliphatic hydroxyl groups excluding tert-OH is 1. The Morgan fingerprint density at radius 2 is 2.11 bits per heavy atom. The third kappa shape index (κ3) is 2.97. The molecule has 0 spiro atoms. The largest absolute Gasteiger partial charge is 0.388 e. The summed E-state index contributed by atoms with van der Waals surface area (Å²) in [6, 6.07) is 9.24. The highest BCUT2D eigenvalue weighted by Crippen LogP contribution is 2.20.